The summed E-state index contributed by atoms with van der Waals surface area (Å²) in [5.41, 5.74) is 2.50. The normalized spacial score (nSPS) is 15.0. The number of aromatic amines is 2. The van der Waals surface area contributed by atoms with E-state index in [9.17, 15) is 9.90 Å². The van der Waals surface area contributed by atoms with Crippen molar-refractivity contribution in [2.24, 2.45) is 0 Å². The lowest BCUT2D eigenvalue weighted by molar-refractivity contribution is 0.187. The SMILES string of the molecule is CC(O)CNC(C)c1ccc2[nH]c(=O)[nH]c2c1. The molecule has 5 nitrogen and oxygen atoms in total. The zero-order valence-electron chi connectivity index (χ0n) is 9.95. The van der Waals surface area contributed by atoms with Crippen LogP contribution in [0.5, 0.6) is 0 Å². The highest BCUT2D eigenvalue weighted by Gasteiger charge is 2.07. The number of aliphatic hydroxyl groups is 1. The molecule has 0 saturated carbocycles. The fourth-order valence-corrected chi connectivity index (χ4v) is 1.78. The second kappa shape index (κ2) is 4.73. The fraction of sp³-hybridized carbons (Fsp3) is 0.417. The van der Waals surface area contributed by atoms with Crippen LogP contribution in [0.4, 0.5) is 0 Å². The summed E-state index contributed by atoms with van der Waals surface area (Å²) in [6.07, 6.45) is -0.367. The average molecular weight is 235 g/mol. The zero-order valence-corrected chi connectivity index (χ0v) is 9.95. The average Bonchev–Trinajstić information content (AvgIpc) is 2.64. The molecule has 2 aromatic rings. The molecule has 1 heterocycles. The number of nitrogens with one attached hydrogen (secondary N) is 3. The van der Waals surface area contributed by atoms with Gasteiger partial charge in [-0.15, -0.1) is 0 Å². The first kappa shape index (κ1) is 11.9. The Labute approximate surface area is 98.9 Å². The number of aliphatic hydroxyl groups excluding tert-OH is 1. The van der Waals surface area contributed by atoms with E-state index >= 15 is 0 Å². The van der Waals surface area contributed by atoms with Crippen molar-refractivity contribution in [3.05, 3.63) is 34.2 Å². The van der Waals surface area contributed by atoms with Crippen molar-refractivity contribution in [1.82, 2.24) is 15.3 Å². The molecule has 0 fully saturated rings. The molecule has 5 heteroatoms. The molecule has 17 heavy (non-hydrogen) atoms. The van der Waals surface area contributed by atoms with E-state index in [2.05, 4.69) is 15.3 Å². The number of benzene rings is 1. The first-order valence-electron chi connectivity index (χ1n) is 5.69. The van der Waals surface area contributed by atoms with Crippen molar-refractivity contribution in [2.75, 3.05) is 6.54 Å². The van der Waals surface area contributed by atoms with Crippen molar-refractivity contribution < 1.29 is 5.11 Å². The summed E-state index contributed by atoms with van der Waals surface area (Å²) in [4.78, 5) is 16.6. The van der Waals surface area contributed by atoms with Crippen LogP contribution in [0, 0.1) is 0 Å². The largest absolute Gasteiger partial charge is 0.392 e. The van der Waals surface area contributed by atoms with Gasteiger partial charge in [0.15, 0.2) is 0 Å². The van der Waals surface area contributed by atoms with Crippen LogP contribution >= 0.6 is 0 Å². The van der Waals surface area contributed by atoms with Crippen LogP contribution in [0.15, 0.2) is 23.0 Å². The van der Waals surface area contributed by atoms with Gasteiger partial charge in [0.1, 0.15) is 0 Å². The summed E-state index contributed by atoms with van der Waals surface area (Å²) in [6, 6.07) is 5.91. The Kier molecular flexibility index (Phi) is 3.31. The number of imidazole rings is 1. The van der Waals surface area contributed by atoms with Crippen LogP contribution in [0.1, 0.15) is 25.5 Å². The van der Waals surface area contributed by atoms with E-state index < -0.39 is 0 Å². The van der Waals surface area contributed by atoms with Gasteiger partial charge in [0.25, 0.3) is 0 Å². The Balaban J connectivity index is 2.20. The molecule has 4 N–H and O–H groups in total. The number of rotatable bonds is 4. The Morgan fingerprint density at radius 3 is 2.71 bits per heavy atom. The van der Waals surface area contributed by atoms with E-state index in [1.165, 1.54) is 0 Å². The topological polar surface area (TPSA) is 80.9 Å². The van der Waals surface area contributed by atoms with Gasteiger partial charge in [0.2, 0.25) is 0 Å². The fourth-order valence-electron chi connectivity index (χ4n) is 1.78. The second-order valence-corrected chi connectivity index (χ2v) is 4.36. The van der Waals surface area contributed by atoms with E-state index in [0.29, 0.717) is 6.54 Å². The number of hydrogen-bond donors (Lipinski definition) is 4. The molecule has 2 atom stereocenters. The van der Waals surface area contributed by atoms with Crippen molar-refractivity contribution in [1.29, 1.82) is 0 Å². The third-order valence-electron chi connectivity index (χ3n) is 2.76. The van der Waals surface area contributed by atoms with Crippen molar-refractivity contribution in [3.63, 3.8) is 0 Å². The lowest BCUT2D eigenvalue weighted by atomic mass is 10.1. The predicted molar refractivity (Wildman–Crippen MR) is 67.0 cm³/mol. The summed E-state index contributed by atoms with van der Waals surface area (Å²) in [6.45, 7) is 4.31. The van der Waals surface area contributed by atoms with Crippen LogP contribution in [-0.2, 0) is 0 Å². The minimum absolute atomic E-state index is 0.132. The summed E-state index contributed by atoms with van der Waals surface area (Å²) >= 11 is 0. The van der Waals surface area contributed by atoms with Gasteiger partial charge in [-0.05, 0) is 31.5 Å². The van der Waals surface area contributed by atoms with Crippen molar-refractivity contribution in [3.8, 4) is 0 Å². The van der Waals surface area contributed by atoms with Gasteiger partial charge in [-0.25, -0.2) is 4.79 Å². The smallest absolute Gasteiger partial charge is 0.323 e. The third kappa shape index (κ3) is 2.75. The molecule has 0 aliphatic rings. The van der Waals surface area contributed by atoms with Gasteiger partial charge in [-0.1, -0.05) is 6.07 Å². The van der Waals surface area contributed by atoms with Gasteiger partial charge in [0, 0.05) is 12.6 Å². The summed E-state index contributed by atoms with van der Waals surface area (Å²) in [5.74, 6) is 0. The van der Waals surface area contributed by atoms with Gasteiger partial charge >= 0.3 is 5.69 Å². The summed E-state index contributed by atoms with van der Waals surface area (Å²) in [5, 5.41) is 12.4. The van der Waals surface area contributed by atoms with Crippen molar-refractivity contribution >= 4 is 11.0 Å². The molecule has 0 radical (unpaired) electrons. The predicted octanol–water partition coefficient (Wildman–Crippen LogP) is 0.888. The molecular formula is C12H17N3O2. The lowest BCUT2D eigenvalue weighted by Crippen LogP contribution is -2.27. The minimum Gasteiger partial charge on any atom is -0.392 e. The highest BCUT2D eigenvalue weighted by atomic mass is 16.3. The highest BCUT2D eigenvalue weighted by molar-refractivity contribution is 5.75. The Hall–Kier alpha value is -1.59. The molecular weight excluding hydrogens is 218 g/mol. The number of H-pyrrole nitrogens is 2. The standard InChI is InChI=1S/C12H17N3O2/c1-7(16)6-13-8(2)9-3-4-10-11(5-9)15-12(17)14-10/h3-5,7-8,13,16H,6H2,1-2H3,(H2,14,15,17). The van der Waals surface area contributed by atoms with E-state index in [1.54, 1.807) is 6.92 Å². The van der Waals surface area contributed by atoms with E-state index in [0.717, 1.165) is 16.6 Å². The molecule has 2 rings (SSSR count). The van der Waals surface area contributed by atoms with Gasteiger partial charge in [-0.3, -0.25) is 0 Å². The molecule has 1 aromatic carbocycles. The minimum atomic E-state index is -0.367. The first-order chi connectivity index (χ1) is 8.06. The molecule has 0 aliphatic heterocycles. The quantitative estimate of drug-likeness (QED) is 0.635. The van der Waals surface area contributed by atoms with Crippen LogP contribution in [0.25, 0.3) is 11.0 Å². The molecule has 0 spiro atoms. The third-order valence-corrected chi connectivity index (χ3v) is 2.76. The zero-order chi connectivity index (χ0) is 12.4. The maximum atomic E-state index is 11.1. The number of hydrogen-bond acceptors (Lipinski definition) is 3. The molecule has 92 valence electrons. The van der Waals surface area contributed by atoms with E-state index in [4.69, 9.17) is 0 Å². The van der Waals surface area contributed by atoms with Crippen LogP contribution in [0.2, 0.25) is 0 Å². The van der Waals surface area contributed by atoms with Crippen LogP contribution in [0.3, 0.4) is 0 Å². The van der Waals surface area contributed by atoms with E-state index in [1.807, 2.05) is 25.1 Å². The molecule has 0 amide bonds. The monoisotopic (exact) mass is 235 g/mol. The molecule has 0 saturated heterocycles. The number of aromatic nitrogens is 2. The van der Waals surface area contributed by atoms with Gasteiger partial charge in [0.05, 0.1) is 17.1 Å². The molecule has 0 bridgehead atoms. The first-order valence-corrected chi connectivity index (χ1v) is 5.69. The van der Waals surface area contributed by atoms with Crippen molar-refractivity contribution in [2.45, 2.75) is 26.0 Å². The molecule has 0 aliphatic carbocycles. The lowest BCUT2D eigenvalue weighted by Gasteiger charge is -2.15. The summed E-state index contributed by atoms with van der Waals surface area (Å²) in [7, 11) is 0. The van der Waals surface area contributed by atoms with Crippen LogP contribution in [-0.4, -0.2) is 27.7 Å². The van der Waals surface area contributed by atoms with Gasteiger partial charge in [-0.2, -0.15) is 0 Å². The maximum absolute atomic E-state index is 11.1. The van der Waals surface area contributed by atoms with E-state index in [-0.39, 0.29) is 17.8 Å². The molecule has 1 aromatic heterocycles. The Bertz CT molecular complexity index is 556. The Morgan fingerprint density at radius 1 is 1.29 bits per heavy atom. The van der Waals surface area contributed by atoms with Gasteiger partial charge < -0.3 is 20.4 Å². The Morgan fingerprint density at radius 2 is 2.00 bits per heavy atom. The summed E-state index contributed by atoms with van der Waals surface area (Å²) < 4.78 is 0. The number of fused-ring (bicyclic) bond motifs is 1. The molecule has 2 unspecified atom stereocenters. The maximum Gasteiger partial charge on any atom is 0.323 e. The second-order valence-electron chi connectivity index (χ2n) is 4.36. The van der Waals surface area contributed by atoms with Crippen LogP contribution < -0.4 is 11.0 Å². The highest BCUT2D eigenvalue weighted by Crippen LogP contribution is 2.16.